The molecule has 0 saturated carbocycles. The summed E-state index contributed by atoms with van der Waals surface area (Å²) in [6.07, 6.45) is 0.673. The van der Waals surface area contributed by atoms with Crippen LogP contribution >= 0.6 is 0 Å². The average molecular weight is 501 g/mol. The van der Waals surface area contributed by atoms with Crippen LogP contribution in [-0.4, -0.2) is 28.0 Å². The Morgan fingerprint density at radius 1 is 0.778 bits per heavy atom. The molecule has 36 heavy (non-hydrogen) atoms. The Labute approximate surface area is 212 Å². The number of nitrogens with one attached hydrogen (secondary N) is 1. The molecule has 0 bridgehead atoms. The highest BCUT2D eigenvalue weighted by atomic mass is 32.2. The lowest BCUT2D eigenvalue weighted by molar-refractivity contribution is 0.0955. The Morgan fingerprint density at radius 3 is 2.00 bits per heavy atom. The summed E-state index contributed by atoms with van der Waals surface area (Å²) in [5, 5.41) is 2.94. The molecule has 0 spiro atoms. The van der Waals surface area contributed by atoms with E-state index in [2.05, 4.69) is 5.32 Å². The molecule has 6 nitrogen and oxygen atoms in total. The van der Waals surface area contributed by atoms with Crippen LogP contribution in [0.15, 0.2) is 114 Å². The van der Waals surface area contributed by atoms with E-state index in [9.17, 15) is 13.2 Å². The predicted molar refractivity (Wildman–Crippen MR) is 142 cm³/mol. The van der Waals surface area contributed by atoms with Gasteiger partial charge in [-0.05, 0) is 53.9 Å². The number of carbonyl (C=O) groups is 1. The van der Waals surface area contributed by atoms with Gasteiger partial charge in [0.2, 0.25) is 0 Å². The maximum absolute atomic E-state index is 13.9. The number of hydrogen-bond donors (Lipinski definition) is 1. The quantitative estimate of drug-likeness (QED) is 0.330. The second kappa shape index (κ2) is 11.6. The summed E-state index contributed by atoms with van der Waals surface area (Å²) in [4.78, 5) is 13.3. The van der Waals surface area contributed by atoms with Crippen LogP contribution < -0.4 is 14.4 Å². The van der Waals surface area contributed by atoms with Gasteiger partial charge in [-0.15, -0.1) is 0 Å². The van der Waals surface area contributed by atoms with E-state index in [1.807, 2.05) is 60.7 Å². The highest BCUT2D eigenvalue weighted by Gasteiger charge is 2.28. The van der Waals surface area contributed by atoms with Gasteiger partial charge < -0.3 is 10.1 Å². The third kappa shape index (κ3) is 5.93. The molecule has 0 aromatic heterocycles. The largest absolute Gasteiger partial charge is 0.497 e. The Balaban J connectivity index is 1.67. The maximum Gasteiger partial charge on any atom is 0.264 e. The number of sulfonamides is 1. The monoisotopic (exact) mass is 500 g/mol. The van der Waals surface area contributed by atoms with Crippen LogP contribution in [0.5, 0.6) is 5.75 Å². The normalized spacial score (nSPS) is 11.0. The SMILES string of the molecule is COc1ccc(S(=O)(=O)N(Cc2ccccc2)c2ccccc2C(=O)NCCc2ccccc2)cc1. The first kappa shape index (κ1) is 25.0. The number of amides is 1. The minimum atomic E-state index is -4.00. The third-order valence-electron chi connectivity index (χ3n) is 5.78. The summed E-state index contributed by atoms with van der Waals surface area (Å²) in [5.41, 5.74) is 2.51. The molecule has 1 amide bonds. The van der Waals surface area contributed by atoms with Crippen molar-refractivity contribution >= 4 is 21.6 Å². The van der Waals surface area contributed by atoms with Gasteiger partial charge >= 0.3 is 0 Å². The van der Waals surface area contributed by atoms with Gasteiger partial charge in [0.1, 0.15) is 5.75 Å². The lowest BCUT2D eigenvalue weighted by Crippen LogP contribution is -2.34. The van der Waals surface area contributed by atoms with E-state index in [-0.39, 0.29) is 17.3 Å². The second-order valence-electron chi connectivity index (χ2n) is 8.18. The van der Waals surface area contributed by atoms with Crippen molar-refractivity contribution in [2.24, 2.45) is 0 Å². The summed E-state index contributed by atoms with van der Waals surface area (Å²) in [6, 6.07) is 32.2. The predicted octanol–water partition coefficient (Wildman–Crippen LogP) is 5.06. The molecule has 0 saturated heterocycles. The van der Waals surface area contributed by atoms with Crippen molar-refractivity contribution in [3.05, 3.63) is 126 Å². The molecule has 0 radical (unpaired) electrons. The van der Waals surface area contributed by atoms with Crippen molar-refractivity contribution < 1.29 is 17.9 Å². The van der Waals surface area contributed by atoms with Crippen molar-refractivity contribution in [3.63, 3.8) is 0 Å². The molecule has 0 fully saturated rings. The van der Waals surface area contributed by atoms with Gasteiger partial charge in [0.05, 0.1) is 29.8 Å². The molecular weight excluding hydrogens is 472 g/mol. The van der Waals surface area contributed by atoms with Crippen LogP contribution in [0.25, 0.3) is 0 Å². The summed E-state index contributed by atoms with van der Waals surface area (Å²) in [5.74, 6) is 0.228. The van der Waals surface area contributed by atoms with Gasteiger partial charge in [-0.1, -0.05) is 72.8 Å². The molecule has 4 rings (SSSR count). The number of carbonyl (C=O) groups excluding carboxylic acids is 1. The Kier molecular flexibility index (Phi) is 8.02. The standard InChI is InChI=1S/C29H28N2O4S/c1-35-25-16-18-26(19-17-25)36(33,34)31(22-24-12-6-3-7-13-24)28-15-9-8-14-27(28)29(32)30-21-20-23-10-4-2-5-11-23/h2-19H,20-22H2,1H3,(H,30,32). The van der Waals surface area contributed by atoms with Gasteiger partial charge in [0.25, 0.3) is 15.9 Å². The summed E-state index contributed by atoms with van der Waals surface area (Å²) in [6.45, 7) is 0.505. The number of rotatable bonds is 10. The average Bonchev–Trinajstić information content (AvgIpc) is 2.93. The molecule has 7 heteroatoms. The van der Waals surface area contributed by atoms with E-state index in [4.69, 9.17) is 4.74 Å². The highest BCUT2D eigenvalue weighted by Crippen LogP contribution is 2.30. The van der Waals surface area contributed by atoms with Crippen LogP contribution in [0.2, 0.25) is 0 Å². The topological polar surface area (TPSA) is 75.7 Å². The van der Waals surface area contributed by atoms with E-state index < -0.39 is 10.0 Å². The molecule has 184 valence electrons. The van der Waals surface area contributed by atoms with E-state index in [0.29, 0.717) is 30.0 Å². The lowest BCUT2D eigenvalue weighted by Gasteiger charge is -2.26. The van der Waals surface area contributed by atoms with E-state index in [1.54, 1.807) is 36.4 Å². The Hall–Kier alpha value is -4.10. The summed E-state index contributed by atoms with van der Waals surface area (Å²) in [7, 11) is -2.47. The fraction of sp³-hybridized carbons (Fsp3) is 0.138. The summed E-state index contributed by atoms with van der Waals surface area (Å²) >= 11 is 0. The van der Waals surface area contributed by atoms with Gasteiger partial charge in [0, 0.05) is 6.54 Å². The number of benzene rings is 4. The minimum Gasteiger partial charge on any atom is -0.497 e. The minimum absolute atomic E-state index is 0.0729. The van der Waals surface area contributed by atoms with Gasteiger partial charge in [-0.3, -0.25) is 9.10 Å². The molecule has 4 aromatic carbocycles. The number of nitrogens with zero attached hydrogens (tertiary/aromatic N) is 1. The fourth-order valence-electron chi connectivity index (χ4n) is 3.87. The molecule has 0 aliphatic rings. The molecule has 4 aromatic rings. The lowest BCUT2D eigenvalue weighted by atomic mass is 10.1. The Morgan fingerprint density at radius 2 is 1.36 bits per heavy atom. The maximum atomic E-state index is 13.9. The highest BCUT2D eigenvalue weighted by molar-refractivity contribution is 7.92. The smallest absolute Gasteiger partial charge is 0.264 e. The Bertz CT molecular complexity index is 1390. The molecule has 0 atom stereocenters. The molecular formula is C29H28N2O4S. The zero-order valence-corrected chi connectivity index (χ0v) is 20.8. The first-order valence-electron chi connectivity index (χ1n) is 11.6. The van der Waals surface area contributed by atoms with E-state index in [1.165, 1.54) is 23.5 Å². The zero-order valence-electron chi connectivity index (χ0n) is 20.0. The first-order valence-corrected chi connectivity index (χ1v) is 13.0. The van der Waals surface area contributed by atoms with Crippen molar-refractivity contribution in [2.75, 3.05) is 18.0 Å². The number of anilines is 1. The van der Waals surface area contributed by atoms with E-state index in [0.717, 1.165) is 11.1 Å². The van der Waals surface area contributed by atoms with Crippen molar-refractivity contribution in [3.8, 4) is 5.75 Å². The van der Waals surface area contributed by atoms with Crippen LogP contribution in [0, 0.1) is 0 Å². The van der Waals surface area contributed by atoms with Crippen LogP contribution in [0.3, 0.4) is 0 Å². The molecule has 0 heterocycles. The fourth-order valence-corrected chi connectivity index (χ4v) is 5.34. The summed E-state index contributed by atoms with van der Waals surface area (Å²) < 4.78 is 34.2. The zero-order chi connectivity index (χ0) is 25.4. The molecule has 0 unspecified atom stereocenters. The van der Waals surface area contributed by atoms with Crippen molar-refractivity contribution in [1.29, 1.82) is 0 Å². The van der Waals surface area contributed by atoms with Crippen LogP contribution in [-0.2, 0) is 23.0 Å². The van der Waals surface area contributed by atoms with Crippen molar-refractivity contribution in [2.45, 2.75) is 17.9 Å². The number of para-hydroxylation sites is 1. The van der Waals surface area contributed by atoms with Gasteiger partial charge in [-0.25, -0.2) is 8.42 Å². The molecule has 0 aliphatic carbocycles. The van der Waals surface area contributed by atoms with Gasteiger partial charge in [-0.2, -0.15) is 0 Å². The first-order chi connectivity index (χ1) is 17.5. The van der Waals surface area contributed by atoms with Crippen LogP contribution in [0.4, 0.5) is 5.69 Å². The molecule has 1 N–H and O–H groups in total. The number of methoxy groups -OCH3 is 1. The number of ether oxygens (including phenoxy) is 1. The van der Waals surface area contributed by atoms with Crippen molar-refractivity contribution in [1.82, 2.24) is 5.32 Å². The van der Waals surface area contributed by atoms with E-state index >= 15 is 0 Å². The van der Waals surface area contributed by atoms with Crippen LogP contribution in [0.1, 0.15) is 21.5 Å². The second-order valence-corrected chi connectivity index (χ2v) is 10.0. The number of hydrogen-bond acceptors (Lipinski definition) is 4. The molecule has 0 aliphatic heterocycles. The third-order valence-corrected chi connectivity index (χ3v) is 7.55. The van der Waals surface area contributed by atoms with Gasteiger partial charge in [0.15, 0.2) is 0 Å².